The Balaban J connectivity index is 1.92. The van der Waals surface area contributed by atoms with Crippen molar-refractivity contribution in [2.24, 2.45) is 0 Å². The monoisotopic (exact) mass is 608 g/mol. The predicted octanol–water partition coefficient (Wildman–Crippen LogP) is 6.73. The van der Waals surface area contributed by atoms with Gasteiger partial charge in [-0.2, -0.15) is 0 Å². The van der Waals surface area contributed by atoms with E-state index in [2.05, 4.69) is 21.2 Å². The summed E-state index contributed by atoms with van der Waals surface area (Å²) in [5.74, 6) is 1.11. The Morgan fingerprint density at radius 2 is 1.52 bits per heavy atom. The number of hydrogen-bond acceptors (Lipinski definition) is 4. The fourth-order valence-electron chi connectivity index (χ4n) is 4.48. The summed E-state index contributed by atoms with van der Waals surface area (Å²) in [4.78, 5) is 29.4. The van der Waals surface area contributed by atoms with Crippen molar-refractivity contribution >= 4 is 27.7 Å². The van der Waals surface area contributed by atoms with Crippen LogP contribution in [0.5, 0.6) is 11.5 Å². The first-order valence-corrected chi connectivity index (χ1v) is 14.7. The molecule has 1 N–H and O–H groups in total. The highest BCUT2D eigenvalue weighted by Gasteiger charge is 2.32. The highest BCUT2D eigenvalue weighted by atomic mass is 79.9. The molecule has 7 heteroatoms. The predicted molar refractivity (Wildman–Crippen MR) is 164 cm³/mol. The maximum atomic E-state index is 14.0. The van der Waals surface area contributed by atoms with Crippen LogP contribution < -0.4 is 14.8 Å². The average molecular weight is 610 g/mol. The number of carbonyl (C=O) groups excluding carboxylic acids is 2. The van der Waals surface area contributed by atoms with Crippen LogP contribution >= 0.6 is 15.9 Å². The van der Waals surface area contributed by atoms with Crippen molar-refractivity contribution in [2.75, 3.05) is 13.2 Å². The summed E-state index contributed by atoms with van der Waals surface area (Å²) >= 11 is 3.54. The van der Waals surface area contributed by atoms with Gasteiger partial charge < -0.3 is 19.7 Å². The van der Waals surface area contributed by atoms with Crippen LogP contribution in [0.25, 0.3) is 0 Å². The summed E-state index contributed by atoms with van der Waals surface area (Å²) in [6, 6.07) is 22.8. The molecule has 6 nitrogen and oxygen atoms in total. The number of aryl methyl sites for hydroxylation is 1. The number of halogens is 1. The molecular weight excluding hydrogens is 568 g/mol. The number of rotatable bonds is 13. The minimum Gasteiger partial charge on any atom is -0.490 e. The summed E-state index contributed by atoms with van der Waals surface area (Å²) in [5.41, 5.74) is 2.48. The SMILES string of the molecule is CCOc1ccc(CCC(=O)N(Cc2cccc(Br)c2)[C@H](Cc2ccccc2)C(=O)NC(C)(C)C)cc1OCC. The molecule has 0 aliphatic carbocycles. The fourth-order valence-corrected chi connectivity index (χ4v) is 4.93. The Labute approximate surface area is 247 Å². The van der Waals surface area contributed by atoms with Gasteiger partial charge in [0.1, 0.15) is 6.04 Å². The summed E-state index contributed by atoms with van der Waals surface area (Å²) in [6.07, 6.45) is 1.18. The van der Waals surface area contributed by atoms with Crippen LogP contribution in [0.3, 0.4) is 0 Å². The summed E-state index contributed by atoms with van der Waals surface area (Å²) in [6.45, 7) is 11.1. The quantitative estimate of drug-likeness (QED) is 0.233. The Morgan fingerprint density at radius 1 is 0.850 bits per heavy atom. The molecule has 3 aromatic carbocycles. The van der Waals surface area contributed by atoms with Gasteiger partial charge in [-0.1, -0.05) is 64.5 Å². The smallest absolute Gasteiger partial charge is 0.243 e. The van der Waals surface area contributed by atoms with E-state index < -0.39 is 11.6 Å². The van der Waals surface area contributed by atoms with Crippen LogP contribution in [0.2, 0.25) is 0 Å². The lowest BCUT2D eigenvalue weighted by Crippen LogP contribution is -2.54. The zero-order valence-corrected chi connectivity index (χ0v) is 25.8. The standard InChI is InChI=1S/C33H41BrN2O4/c1-6-39-29-18-16-25(22-30(29)40-7-2)17-19-31(37)36(23-26-14-11-15-27(34)20-26)28(32(38)35-33(3,4)5)21-24-12-9-8-10-13-24/h8-16,18,20,22,28H,6-7,17,19,21,23H2,1-5H3,(H,35,38)/t28-/m1/s1. The first-order chi connectivity index (χ1) is 19.1. The van der Waals surface area contributed by atoms with Gasteiger partial charge in [-0.05, 0) is 82.0 Å². The largest absolute Gasteiger partial charge is 0.490 e. The van der Waals surface area contributed by atoms with Gasteiger partial charge in [0.25, 0.3) is 0 Å². The van der Waals surface area contributed by atoms with Gasteiger partial charge in [-0.25, -0.2) is 0 Å². The van der Waals surface area contributed by atoms with Crippen LogP contribution in [-0.4, -0.2) is 41.5 Å². The van der Waals surface area contributed by atoms with Crippen LogP contribution in [0, 0.1) is 0 Å². The second-order valence-corrected chi connectivity index (χ2v) is 11.7. The number of amides is 2. The summed E-state index contributed by atoms with van der Waals surface area (Å²) in [5, 5.41) is 3.11. The normalized spacial score (nSPS) is 11.9. The molecule has 0 aromatic heterocycles. The Kier molecular flexibility index (Phi) is 11.6. The van der Waals surface area contributed by atoms with Gasteiger partial charge in [0.2, 0.25) is 11.8 Å². The topological polar surface area (TPSA) is 67.9 Å². The maximum Gasteiger partial charge on any atom is 0.243 e. The molecule has 0 bridgehead atoms. The third kappa shape index (κ3) is 9.70. The molecule has 0 saturated carbocycles. The molecular formula is C33H41BrN2O4. The van der Waals surface area contributed by atoms with Crippen LogP contribution in [0.15, 0.2) is 77.3 Å². The van der Waals surface area contributed by atoms with Crippen LogP contribution in [0.4, 0.5) is 0 Å². The summed E-state index contributed by atoms with van der Waals surface area (Å²) in [7, 11) is 0. The van der Waals surface area contributed by atoms with Crippen LogP contribution in [0.1, 0.15) is 57.7 Å². The third-order valence-electron chi connectivity index (χ3n) is 6.25. The van der Waals surface area contributed by atoms with E-state index >= 15 is 0 Å². The number of nitrogens with one attached hydrogen (secondary N) is 1. The first kappa shape index (κ1) is 31.2. The Bertz CT molecular complexity index is 1260. The lowest BCUT2D eigenvalue weighted by molar-refractivity contribution is -0.141. The van der Waals surface area contributed by atoms with Crippen molar-refractivity contribution in [1.29, 1.82) is 0 Å². The number of carbonyl (C=O) groups is 2. The minimum absolute atomic E-state index is 0.0863. The number of nitrogens with zero attached hydrogens (tertiary/aromatic N) is 1. The molecule has 0 aliphatic rings. The lowest BCUT2D eigenvalue weighted by atomic mass is 9.99. The third-order valence-corrected chi connectivity index (χ3v) is 6.74. The van der Waals surface area contributed by atoms with Crippen molar-refractivity contribution in [1.82, 2.24) is 10.2 Å². The molecule has 0 radical (unpaired) electrons. The average Bonchev–Trinajstić information content (AvgIpc) is 2.90. The van der Waals surface area contributed by atoms with E-state index in [1.165, 1.54) is 0 Å². The zero-order chi connectivity index (χ0) is 29.1. The number of ether oxygens (including phenoxy) is 2. The van der Waals surface area contributed by atoms with E-state index in [4.69, 9.17) is 9.47 Å². The molecule has 214 valence electrons. The van der Waals surface area contributed by atoms with E-state index in [1.807, 2.05) is 107 Å². The Morgan fingerprint density at radius 3 is 2.17 bits per heavy atom. The molecule has 2 amide bonds. The zero-order valence-electron chi connectivity index (χ0n) is 24.2. The maximum absolute atomic E-state index is 14.0. The van der Waals surface area contributed by atoms with E-state index in [-0.39, 0.29) is 18.2 Å². The van der Waals surface area contributed by atoms with Gasteiger partial charge in [0.15, 0.2) is 11.5 Å². The lowest BCUT2D eigenvalue weighted by Gasteiger charge is -2.34. The molecule has 0 unspecified atom stereocenters. The van der Waals surface area contributed by atoms with Gasteiger partial charge in [0, 0.05) is 29.4 Å². The van der Waals surface area contributed by atoms with E-state index in [9.17, 15) is 9.59 Å². The van der Waals surface area contributed by atoms with Gasteiger partial charge in [-0.3, -0.25) is 9.59 Å². The van der Waals surface area contributed by atoms with Gasteiger partial charge >= 0.3 is 0 Å². The van der Waals surface area contributed by atoms with E-state index in [0.29, 0.717) is 44.1 Å². The fraction of sp³-hybridized carbons (Fsp3) is 0.394. The molecule has 3 rings (SSSR count). The second-order valence-electron chi connectivity index (χ2n) is 10.7. The summed E-state index contributed by atoms with van der Waals surface area (Å²) < 4.78 is 12.4. The van der Waals surface area contributed by atoms with Crippen molar-refractivity contribution in [2.45, 2.75) is 72.0 Å². The molecule has 0 spiro atoms. The molecule has 3 aromatic rings. The van der Waals surface area contributed by atoms with E-state index in [0.717, 1.165) is 21.2 Å². The van der Waals surface area contributed by atoms with Gasteiger partial charge in [-0.15, -0.1) is 0 Å². The highest BCUT2D eigenvalue weighted by molar-refractivity contribution is 9.10. The van der Waals surface area contributed by atoms with Crippen molar-refractivity contribution in [3.63, 3.8) is 0 Å². The molecule has 40 heavy (non-hydrogen) atoms. The molecule has 0 fully saturated rings. The number of hydrogen-bond donors (Lipinski definition) is 1. The molecule has 0 heterocycles. The molecule has 0 aliphatic heterocycles. The first-order valence-electron chi connectivity index (χ1n) is 13.9. The van der Waals surface area contributed by atoms with E-state index in [1.54, 1.807) is 4.90 Å². The molecule has 1 atom stereocenters. The van der Waals surface area contributed by atoms with Crippen LogP contribution in [-0.2, 0) is 29.0 Å². The van der Waals surface area contributed by atoms with Crippen molar-refractivity contribution in [3.05, 3.63) is 94.0 Å². The number of benzene rings is 3. The second kappa shape index (κ2) is 14.9. The Hall–Kier alpha value is -3.32. The van der Waals surface area contributed by atoms with Gasteiger partial charge in [0.05, 0.1) is 13.2 Å². The minimum atomic E-state index is -0.674. The van der Waals surface area contributed by atoms with Crippen molar-refractivity contribution in [3.8, 4) is 11.5 Å². The van der Waals surface area contributed by atoms with Crippen molar-refractivity contribution < 1.29 is 19.1 Å². The highest BCUT2D eigenvalue weighted by Crippen LogP contribution is 2.29. The molecule has 0 saturated heterocycles.